The topological polar surface area (TPSA) is 105 Å². The molecule has 0 fully saturated rings. The third-order valence-corrected chi connectivity index (χ3v) is 7.31. The summed E-state index contributed by atoms with van der Waals surface area (Å²) in [4.78, 5) is 17.7. The summed E-state index contributed by atoms with van der Waals surface area (Å²) in [7, 11) is -3.23. The van der Waals surface area contributed by atoms with Gasteiger partial charge in [0, 0.05) is 29.8 Å². The van der Waals surface area contributed by atoms with Gasteiger partial charge in [-0.05, 0) is 19.1 Å². The number of hydrogen-bond donors (Lipinski definition) is 1. The number of aromatic nitrogens is 2. The monoisotopic (exact) mass is 406 g/mol. The zero-order valence-corrected chi connectivity index (χ0v) is 16.3. The van der Waals surface area contributed by atoms with Crippen LogP contribution in [0.3, 0.4) is 0 Å². The van der Waals surface area contributed by atoms with E-state index in [0.717, 1.165) is 16.0 Å². The molecule has 2 aromatic heterocycles. The molecule has 0 spiro atoms. The molecular formula is C17H18N4O4S2. The molecule has 0 saturated carbocycles. The Labute approximate surface area is 160 Å². The lowest BCUT2D eigenvalue weighted by Crippen LogP contribution is -2.36. The molecule has 0 aliphatic carbocycles. The fraction of sp³-hybridized carbons (Fsp3) is 0.353. The molecule has 27 heavy (non-hydrogen) atoms. The van der Waals surface area contributed by atoms with Crippen LogP contribution < -0.4 is 5.32 Å². The number of carbonyl (C=O) groups is 1. The Hall–Kier alpha value is -2.30. The molecule has 1 aliphatic heterocycles. The molecule has 0 radical (unpaired) electrons. The van der Waals surface area contributed by atoms with Crippen LogP contribution in [0.15, 0.2) is 28.8 Å². The second kappa shape index (κ2) is 7.02. The van der Waals surface area contributed by atoms with Crippen LogP contribution in [-0.4, -0.2) is 41.1 Å². The van der Waals surface area contributed by atoms with Crippen LogP contribution in [0.1, 0.15) is 23.2 Å². The second-order valence-electron chi connectivity index (χ2n) is 6.22. The van der Waals surface area contributed by atoms with Gasteiger partial charge >= 0.3 is 0 Å². The molecule has 3 heterocycles. The Kier molecular flexibility index (Phi) is 4.70. The number of para-hydroxylation sites is 1. The van der Waals surface area contributed by atoms with E-state index in [2.05, 4.69) is 15.5 Å². The van der Waals surface area contributed by atoms with Gasteiger partial charge in [-0.3, -0.25) is 4.79 Å². The Bertz CT molecular complexity index is 1100. The van der Waals surface area contributed by atoms with E-state index in [1.54, 1.807) is 13.0 Å². The second-order valence-corrected chi connectivity index (χ2v) is 9.56. The summed E-state index contributed by atoms with van der Waals surface area (Å²) >= 11 is 1.32. The van der Waals surface area contributed by atoms with Gasteiger partial charge in [-0.1, -0.05) is 17.3 Å². The Morgan fingerprint density at radius 1 is 1.37 bits per heavy atom. The average Bonchev–Trinajstić information content (AvgIpc) is 3.24. The van der Waals surface area contributed by atoms with E-state index in [1.807, 2.05) is 18.2 Å². The van der Waals surface area contributed by atoms with Gasteiger partial charge in [0.1, 0.15) is 5.69 Å². The van der Waals surface area contributed by atoms with Crippen LogP contribution in [-0.2, 0) is 34.2 Å². The van der Waals surface area contributed by atoms with Crippen molar-refractivity contribution in [2.45, 2.75) is 26.3 Å². The zero-order chi connectivity index (χ0) is 19.0. The summed E-state index contributed by atoms with van der Waals surface area (Å²) in [6.45, 7) is 2.37. The smallest absolute Gasteiger partial charge is 0.232 e. The van der Waals surface area contributed by atoms with Gasteiger partial charge in [0.25, 0.3) is 0 Å². The van der Waals surface area contributed by atoms with E-state index in [4.69, 9.17) is 4.52 Å². The molecule has 0 atom stereocenters. The van der Waals surface area contributed by atoms with Crippen LogP contribution in [0.2, 0.25) is 0 Å². The van der Waals surface area contributed by atoms with Crippen molar-refractivity contribution in [1.82, 2.24) is 14.4 Å². The number of carbonyl (C=O) groups excluding carboxylic acids is 1. The number of nitrogens with one attached hydrogen (secondary N) is 1. The lowest BCUT2D eigenvalue weighted by atomic mass is 10.2. The normalized spacial score (nSPS) is 15.0. The fourth-order valence-corrected chi connectivity index (χ4v) is 5.21. The van der Waals surface area contributed by atoms with Crippen LogP contribution in [0.25, 0.3) is 11.0 Å². The van der Waals surface area contributed by atoms with Crippen molar-refractivity contribution in [3.8, 4) is 0 Å². The molecule has 8 nitrogen and oxygen atoms in total. The van der Waals surface area contributed by atoms with Crippen molar-refractivity contribution in [1.29, 1.82) is 0 Å². The molecule has 1 amide bonds. The molecule has 3 aromatic rings. The van der Waals surface area contributed by atoms with E-state index < -0.39 is 10.0 Å². The van der Waals surface area contributed by atoms with Crippen molar-refractivity contribution in [3.05, 3.63) is 40.5 Å². The summed E-state index contributed by atoms with van der Waals surface area (Å²) < 4.78 is 30.8. The van der Waals surface area contributed by atoms with Gasteiger partial charge in [-0.15, -0.1) is 11.3 Å². The highest BCUT2D eigenvalue weighted by molar-refractivity contribution is 7.89. The molecule has 10 heteroatoms. The molecule has 0 bridgehead atoms. The molecule has 1 aliphatic rings. The van der Waals surface area contributed by atoms with Crippen LogP contribution >= 0.6 is 11.3 Å². The van der Waals surface area contributed by atoms with Gasteiger partial charge in [0.05, 0.1) is 17.9 Å². The van der Waals surface area contributed by atoms with Crippen molar-refractivity contribution in [2.75, 3.05) is 17.6 Å². The van der Waals surface area contributed by atoms with Gasteiger partial charge in [-0.25, -0.2) is 13.4 Å². The first kappa shape index (κ1) is 18.1. The number of anilines is 1. The summed E-state index contributed by atoms with van der Waals surface area (Å²) in [5.74, 6) is -0.158. The van der Waals surface area contributed by atoms with E-state index in [1.165, 1.54) is 15.6 Å². The van der Waals surface area contributed by atoms with E-state index in [9.17, 15) is 13.2 Å². The number of hydrogen-bond acceptors (Lipinski definition) is 7. The lowest BCUT2D eigenvalue weighted by molar-refractivity contribution is -0.115. The molecule has 0 saturated heterocycles. The highest BCUT2D eigenvalue weighted by atomic mass is 32.2. The minimum absolute atomic E-state index is 0.0797. The lowest BCUT2D eigenvalue weighted by Gasteiger charge is -2.24. The molecule has 1 N–H and O–H groups in total. The number of amides is 1. The first-order valence-corrected chi connectivity index (χ1v) is 11.0. The number of nitrogens with zero attached hydrogens (tertiary/aromatic N) is 3. The minimum atomic E-state index is -3.23. The van der Waals surface area contributed by atoms with Gasteiger partial charge in [0.15, 0.2) is 10.7 Å². The Morgan fingerprint density at radius 3 is 3.00 bits per heavy atom. The molecule has 4 rings (SSSR count). The van der Waals surface area contributed by atoms with Crippen molar-refractivity contribution >= 4 is 43.4 Å². The van der Waals surface area contributed by atoms with Crippen molar-refractivity contribution in [3.63, 3.8) is 0 Å². The highest BCUT2D eigenvalue weighted by Crippen LogP contribution is 2.29. The fourth-order valence-electron chi connectivity index (χ4n) is 3.03. The first-order valence-electron chi connectivity index (χ1n) is 8.56. The maximum atomic E-state index is 12.4. The maximum Gasteiger partial charge on any atom is 0.232 e. The van der Waals surface area contributed by atoms with Crippen molar-refractivity contribution in [2.24, 2.45) is 0 Å². The average molecular weight is 406 g/mol. The predicted octanol–water partition coefficient (Wildman–Crippen LogP) is 2.17. The van der Waals surface area contributed by atoms with Gasteiger partial charge in [-0.2, -0.15) is 4.31 Å². The van der Waals surface area contributed by atoms with E-state index in [-0.39, 0.29) is 18.1 Å². The Balaban J connectivity index is 1.46. The van der Waals surface area contributed by atoms with Gasteiger partial charge in [0.2, 0.25) is 15.9 Å². The summed E-state index contributed by atoms with van der Waals surface area (Å²) in [5.41, 5.74) is 2.07. The van der Waals surface area contributed by atoms with Crippen LogP contribution in [0.5, 0.6) is 0 Å². The third kappa shape index (κ3) is 3.60. The van der Waals surface area contributed by atoms with E-state index >= 15 is 0 Å². The predicted molar refractivity (Wildman–Crippen MR) is 102 cm³/mol. The Morgan fingerprint density at radius 2 is 2.19 bits per heavy atom. The SMILES string of the molecule is CCS(=O)(=O)N1CCc2nc(NC(=O)Cc3noc4ccccc34)sc2C1. The number of rotatable bonds is 5. The zero-order valence-electron chi connectivity index (χ0n) is 14.6. The molecular weight excluding hydrogens is 388 g/mol. The quantitative estimate of drug-likeness (QED) is 0.696. The summed E-state index contributed by atoms with van der Waals surface area (Å²) in [6, 6.07) is 7.37. The van der Waals surface area contributed by atoms with Crippen LogP contribution in [0, 0.1) is 0 Å². The molecule has 142 valence electrons. The summed E-state index contributed by atoms with van der Waals surface area (Å²) in [5, 5.41) is 8.04. The number of thiazole rings is 1. The largest absolute Gasteiger partial charge is 0.356 e. The number of benzene rings is 1. The maximum absolute atomic E-state index is 12.4. The standard InChI is InChI=1S/C17H18N4O4S2/c1-2-27(23,24)21-8-7-12-15(10-21)26-17(18-12)19-16(22)9-13-11-5-3-4-6-14(11)25-20-13/h3-6H,2,7-10H2,1H3,(H,18,19,22). The first-order chi connectivity index (χ1) is 13.0. The molecule has 1 aromatic carbocycles. The van der Waals surface area contributed by atoms with Crippen molar-refractivity contribution < 1.29 is 17.7 Å². The number of fused-ring (bicyclic) bond motifs is 2. The van der Waals surface area contributed by atoms with Crippen LogP contribution in [0.4, 0.5) is 5.13 Å². The molecule has 0 unspecified atom stereocenters. The third-order valence-electron chi connectivity index (χ3n) is 4.48. The van der Waals surface area contributed by atoms with E-state index in [0.29, 0.717) is 35.9 Å². The minimum Gasteiger partial charge on any atom is -0.356 e. The number of sulfonamides is 1. The van der Waals surface area contributed by atoms with Gasteiger partial charge < -0.3 is 9.84 Å². The highest BCUT2D eigenvalue weighted by Gasteiger charge is 2.28. The summed E-state index contributed by atoms with van der Waals surface area (Å²) in [6.07, 6.45) is 0.631.